The number of para-hydroxylation sites is 1. The van der Waals surface area contributed by atoms with Gasteiger partial charge >= 0.3 is 0 Å². The average molecular weight is 981 g/mol. The van der Waals surface area contributed by atoms with E-state index in [1.165, 1.54) is 64.7 Å². The summed E-state index contributed by atoms with van der Waals surface area (Å²) >= 11 is 1.80. The van der Waals surface area contributed by atoms with Crippen LogP contribution in [0.15, 0.2) is 196 Å². The summed E-state index contributed by atoms with van der Waals surface area (Å²) in [6.07, 6.45) is 0. The van der Waals surface area contributed by atoms with Crippen molar-refractivity contribution >= 4 is 107 Å². The van der Waals surface area contributed by atoms with Crippen molar-refractivity contribution in [2.75, 3.05) is 0 Å². The van der Waals surface area contributed by atoms with Crippen molar-refractivity contribution < 1.29 is 12.8 Å². The van der Waals surface area contributed by atoms with Crippen LogP contribution in [0.3, 0.4) is 0 Å². The molecule has 10 aromatic carbocycles. The van der Waals surface area contributed by atoms with Crippen LogP contribution in [-0.4, -0.2) is 17.6 Å². The number of rotatable bonds is 6. The highest BCUT2D eigenvalue weighted by Gasteiger charge is 2.25. The van der Waals surface area contributed by atoms with Crippen molar-refractivity contribution in [3.05, 3.63) is 215 Å². The van der Waals surface area contributed by atoms with Gasteiger partial charge in [-0.05, 0) is 195 Å². The SMILES string of the molecule is Cc1cc(C)c(-c2ccc3c(c2)c2cc(S(=O)(=O)c4ccc5c(c4)c4cc(-c6c(C)cc(C)cc6C)ccc4n5-c4ccc5sc6ccccc6c5c4)ccc2n3-c2ccc3oc4ccccc4c3c2)c(C)c1. The van der Waals surface area contributed by atoms with E-state index in [-0.39, 0.29) is 9.79 Å². The second kappa shape index (κ2) is 15.9. The van der Waals surface area contributed by atoms with Crippen LogP contribution < -0.4 is 0 Å². The van der Waals surface area contributed by atoms with E-state index < -0.39 is 9.84 Å². The molecule has 0 N–H and O–H groups in total. The molecule has 0 bridgehead atoms. The van der Waals surface area contributed by atoms with Gasteiger partial charge in [0.1, 0.15) is 11.2 Å². The van der Waals surface area contributed by atoms with E-state index in [9.17, 15) is 0 Å². The lowest BCUT2D eigenvalue weighted by atomic mass is 9.93. The van der Waals surface area contributed by atoms with Crippen molar-refractivity contribution in [1.29, 1.82) is 0 Å². The number of fused-ring (bicyclic) bond motifs is 12. The maximum atomic E-state index is 15.4. The number of thiophene rings is 1. The van der Waals surface area contributed by atoms with Crippen LogP contribution in [0, 0.1) is 41.5 Å². The maximum absolute atomic E-state index is 15.4. The fourth-order valence-corrected chi connectivity index (χ4v) is 14.7. The van der Waals surface area contributed by atoms with E-state index in [4.69, 9.17) is 4.42 Å². The van der Waals surface area contributed by atoms with Crippen LogP contribution in [0.1, 0.15) is 33.4 Å². The summed E-state index contributed by atoms with van der Waals surface area (Å²) in [7, 11) is -4.05. The number of hydrogen-bond acceptors (Lipinski definition) is 4. The van der Waals surface area contributed by atoms with Crippen LogP contribution in [0.4, 0.5) is 0 Å². The summed E-state index contributed by atoms with van der Waals surface area (Å²) in [5.74, 6) is 0. The molecule has 0 spiro atoms. The first kappa shape index (κ1) is 43.5. The topological polar surface area (TPSA) is 57.1 Å². The molecule has 14 rings (SSSR count). The summed E-state index contributed by atoms with van der Waals surface area (Å²) in [5.41, 5.74) is 19.4. The van der Waals surface area contributed by atoms with Gasteiger partial charge in [-0.2, -0.15) is 0 Å². The average Bonchev–Trinajstić information content (AvgIpc) is 4.12. The Balaban J connectivity index is 0.977. The predicted molar refractivity (Wildman–Crippen MR) is 306 cm³/mol. The molecule has 0 aliphatic carbocycles. The lowest BCUT2D eigenvalue weighted by Crippen LogP contribution is -2.02. The molecule has 0 radical (unpaired) electrons. The van der Waals surface area contributed by atoms with Gasteiger partial charge in [-0.25, -0.2) is 8.42 Å². The van der Waals surface area contributed by atoms with Gasteiger partial charge in [0.2, 0.25) is 9.84 Å². The third kappa shape index (κ3) is 6.62. The van der Waals surface area contributed by atoms with Crippen LogP contribution in [0.25, 0.3) is 119 Å². The van der Waals surface area contributed by atoms with E-state index >= 15 is 8.42 Å². The zero-order valence-corrected chi connectivity index (χ0v) is 42.9. The normalized spacial score (nSPS) is 12.4. The Kier molecular flexibility index (Phi) is 9.48. The lowest BCUT2D eigenvalue weighted by Gasteiger charge is -2.13. The monoisotopic (exact) mass is 980 g/mol. The number of benzene rings is 10. The van der Waals surface area contributed by atoms with E-state index in [1.54, 1.807) is 23.5 Å². The molecule has 4 aromatic heterocycles. The number of sulfone groups is 1. The van der Waals surface area contributed by atoms with Gasteiger partial charge in [0.25, 0.3) is 0 Å². The molecule has 0 unspecified atom stereocenters. The van der Waals surface area contributed by atoms with Gasteiger partial charge in [-0.3, -0.25) is 0 Å². The van der Waals surface area contributed by atoms with Crippen LogP contribution in [0.5, 0.6) is 0 Å². The lowest BCUT2D eigenvalue weighted by molar-refractivity contribution is 0.596. The molecule has 0 fully saturated rings. The third-order valence-corrected chi connectivity index (χ3v) is 18.2. The van der Waals surface area contributed by atoms with Crippen molar-refractivity contribution in [1.82, 2.24) is 9.13 Å². The van der Waals surface area contributed by atoms with Crippen LogP contribution in [-0.2, 0) is 9.84 Å². The van der Waals surface area contributed by atoms with Gasteiger partial charge in [-0.1, -0.05) is 83.9 Å². The Labute approximate surface area is 426 Å². The molecule has 0 atom stereocenters. The number of nitrogens with zero attached hydrogens (tertiary/aromatic N) is 2. The fourth-order valence-electron chi connectivity index (χ4n) is 12.3. The maximum Gasteiger partial charge on any atom is 0.206 e. The first-order chi connectivity index (χ1) is 35.4. The molecule has 0 amide bonds. The quantitative estimate of drug-likeness (QED) is 0.167. The van der Waals surface area contributed by atoms with E-state index in [0.717, 1.165) is 88.1 Å². The van der Waals surface area contributed by atoms with Gasteiger partial charge in [0.15, 0.2) is 0 Å². The van der Waals surface area contributed by atoms with Gasteiger partial charge in [-0.15, -0.1) is 11.3 Å². The molecular weight excluding hydrogens is 933 g/mol. The Morgan fingerprint density at radius 2 is 0.808 bits per heavy atom. The smallest absolute Gasteiger partial charge is 0.206 e. The number of aryl methyl sites for hydroxylation is 6. The molecular formula is C66H48N2O3S2. The minimum Gasteiger partial charge on any atom is -0.456 e. The summed E-state index contributed by atoms with van der Waals surface area (Å²) in [5, 5.41) is 8.23. The molecule has 0 saturated heterocycles. The highest BCUT2D eigenvalue weighted by Crippen LogP contribution is 2.43. The Bertz CT molecular complexity index is 4480. The molecule has 0 aliphatic heterocycles. The second-order valence-corrected chi connectivity index (χ2v) is 23.1. The second-order valence-electron chi connectivity index (χ2n) is 20.1. The number of furan rings is 1. The van der Waals surface area contributed by atoms with Crippen molar-refractivity contribution in [2.45, 2.75) is 51.3 Å². The zero-order chi connectivity index (χ0) is 49.6. The number of aromatic nitrogens is 2. The Hall–Kier alpha value is -8.23. The minimum atomic E-state index is -4.05. The minimum absolute atomic E-state index is 0.243. The molecule has 352 valence electrons. The third-order valence-electron chi connectivity index (χ3n) is 15.3. The predicted octanol–water partition coefficient (Wildman–Crippen LogP) is 18.2. The van der Waals surface area contributed by atoms with E-state index in [2.05, 4.69) is 172 Å². The standard InChI is InChI=1S/C66H48N2O3S2/c1-37-27-39(3)65(40(4)28-37)43-15-21-57-51(31-43)53-35-47(19-23-59(53)67(57)45-17-25-62-55(33-45)49-11-7-9-13-61(49)71-62)73(69,70)48-20-24-60-54(36-48)52-32-44(66-41(5)29-38(2)30-42(66)6)16-22-58(52)68(60)46-18-26-64-56(34-46)50-12-8-10-14-63(50)72-64/h7-36H,1-6H3. The summed E-state index contributed by atoms with van der Waals surface area (Å²) in [4.78, 5) is 0.492. The first-order valence-electron chi connectivity index (χ1n) is 24.8. The zero-order valence-electron chi connectivity index (χ0n) is 41.3. The molecule has 73 heavy (non-hydrogen) atoms. The molecule has 0 saturated carbocycles. The summed E-state index contributed by atoms with van der Waals surface area (Å²) in [6, 6.07) is 63.3. The van der Waals surface area contributed by atoms with Crippen LogP contribution in [0.2, 0.25) is 0 Å². The van der Waals surface area contributed by atoms with Crippen molar-refractivity contribution in [2.24, 2.45) is 0 Å². The molecule has 5 nitrogen and oxygen atoms in total. The van der Waals surface area contributed by atoms with Gasteiger partial charge in [0, 0.05) is 63.9 Å². The summed E-state index contributed by atoms with van der Waals surface area (Å²) in [6.45, 7) is 13.0. The highest BCUT2D eigenvalue weighted by molar-refractivity contribution is 7.91. The van der Waals surface area contributed by atoms with Gasteiger partial charge < -0.3 is 13.6 Å². The van der Waals surface area contributed by atoms with Gasteiger partial charge in [0.05, 0.1) is 31.9 Å². The molecule has 7 heteroatoms. The molecule has 0 aliphatic rings. The van der Waals surface area contributed by atoms with E-state index in [1.807, 2.05) is 48.5 Å². The highest BCUT2D eigenvalue weighted by atomic mass is 32.2. The number of hydrogen-bond donors (Lipinski definition) is 0. The molecule has 14 aromatic rings. The van der Waals surface area contributed by atoms with Crippen molar-refractivity contribution in [3.8, 4) is 33.6 Å². The Morgan fingerprint density at radius 1 is 0.370 bits per heavy atom. The Morgan fingerprint density at radius 3 is 1.37 bits per heavy atom. The molecule has 4 heterocycles. The largest absolute Gasteiger partial charge is 0.456 e. The van der Waals surface area contributed by atoms with E-state index in [0.29, 0.717) is 0 Å². The first-order valence-corrected chi connectivity index (χ1v) is 27.1. The van der Waals surface area contributed by atoms with Crippen LogP contribution >= 0.6 is 11.3 Å². The summed E-state index contributed by atoms with van der Waals surface area (Å²) < 4.78 is 44.1. The van der Waals surface area contributed by atoms with Crippen molar-refractivity contribution in [3.63, 3.8) is 0 Å². The fraction of sp³-hybridized carbons (Fsp3) is 0.0909.